The molecule has 0 radical (unpaired) electrons. The fraction of sp³-hybridized carbons (Fsp3) is 1.00. The summed E-state index contributed by atoms with van der Waals surface area (Å²) in [5.74, 6) is 0. The lowest BCUT2D eigenvalue weighted by Gasteiger charge is -2.31. The minimum Gasteiger partial charge on any atom is -0.390 e. The molecule has 0 saturated heterocycles. The van der Waals surface area contributed by atoms with Crippen molar-refractivity contribution in [3.05, 3.63) is 0 Å². The molecule has 2 nitrogen and oxygen atoms in total. The summed E-state index contributed by atoms with van der Waals surface area (Å²) in [6, 6.07) is 0. The molecule has 0 aromatic rings. The second-order valence-electron chi connectivity index (χ2n) is 5.40. The summed E-state index contributed by atoms with van der Waals surface area (Å²) in [4.78, 5) is 0. The molecule has 0 fully saturated rings. The van der Waals surface area contributed by atoms with Crippen LogP contribution in [0.25, 0.3) is 0 Å². The Kier molecular flexibility index (Phi) is 9.85. The van der Waals surface area contributed by atoms with E-state index in [0.717, 1.165) is 25.7 Å². The van der Waals surface area contributed by atoms with E-state index in [9.17, 15) is 10.2 Å². The molecule has 2 N–H and O–H groups in total. The standard InChI is InChI=1S/C15H32O2/c1-4-6-8-10-12-15(17,14(3)16)13-11-9-7-5-2/h14,16-17H,4-13H2,1-3H3. The first-order valence-corrected chi connectivity index (χ1v) is 7.47. The van der Waals surface area contributed by atoms with Crippen molar-refractivity contribution in [3.8, 4) is 0 Å². The predicted molar refractivity (Wildman–Crippen MR) is 74.1 cm³/mol. The van der Waals surface area contributed by atoms with Gasteiger partial charge in [-0.05, 0) is 19.8 Å². The van der Waals surface area contributed by atoms with E-state index in [0.29, 0.717) is 0 Å². The Morgan fingerprint density at radius 2 is 1.24 bits per heavy atom. The molecule has 17 heavy (non-hydrogen) atoms. The summed E-state index contributed by atoms with van der Waals surface area (Å²) < 4.78 is 0. The average molecular weight is 244 g/mol. The molecule has 0 aliphatic rings. The molecule has 0 aliphatic carbocycles. The van der Waals surface area contributed by atoms with Crippen LogP contribution < -0.4 is 0 Å². The van der Waals surface area contributed by atoms with Crippen LogP contribution in [0.3, 0.4) is 0 Å². The Morgan fingerprint density at radius 1 is 0.824 bits per heavy atom. The number of rotatable bonds is 11. The van der Waals surface area contributed by atoms with Gasteiger partial charge in [0.05, 0.1) is 11.7 Å². The first-order chi connectivity index (χ1) is 8.06. The zero-order valence-electron chi connectivity index (χ0n) is 12.0. The van der Waals surface area contributed by atoms with Gasteiger partial charge in [0, 0.05) is 0 Å². The lowest BCUT2D eigenvalue weighted by molar-refractivity contribution is -0.0797. The van der Waals surface area contributed by atoms with Gasteiger partial charge in [0.1, 0.15) is 0 Å². The van der Waals surface area contributed by atoms with Gasteiger partial charge in [0.2, 0.25) is 0 Å². The minimum absolute atomic E-state index is 0.606. The van der Waals surface area contributed by atoms with Crippen LogP contribution in [-0.4, -0.2) is 21.9 Å². The van der Waals surface area contributed by atoms with Gasteiger partial charge in [-0.1, -0.05) is 65.2 Å². The van der Waals surface area contributed by atoms with E-state index < -0.39 is 11.7 Å². The fourth-order valence-electron chi connectivity index (χ4n) is 2.26. The highest BCUT2D eigenvalue weighted by atomic mass is 16.3. The maximum absolute atomic E-state index is 10.4. The molecule has 0 bridgehead atoms. The van der Waals surface area contributed by atoms with Crippen LogP contribution in [0.4, 0.5) is 0 Å². The van der Waals surface area contributed by atoms with Gasteiger partial charge in [-0.25, -0.2) is 0 Å². The summed E-state index contributed by atoms with van der Waals surface area (Å²) in [5, 5.41) is 20.2. The molecule has 1 unspecified atom stereocenters. The number of aliphatic hydroxyl groups excluding tert-OH is 1. The van der Waals surface area contributed by atoms with E-state index >= 15 is 0 Å². The molecule has 104 valence electrons. The first kappa shape index (κ1) is 16.9. The molecule has 0 aromatic heterocycles. The third kappa shape index (κ3) is 7.77. The molecule has 0 saturated carbocycles. The highest BCUT2D eigenvalue weighted by molar-refractivity contribution is 4.83. The maximum atomic E-state index is 10.4. The molecule has 0 amide bonds. The van der Waals surface area contributed by atoms with Gasteiger partial charge >= 0.3 is 0 Å². The first-order valence-electron chi connectivity index (χ1n) is 7.47. The van der Waals surface area contributed by atoms with Crippen LogP contribution >= 0.6 is 0 Å². The summed E-state index contributed by atoms with van der Waals surface area (Å²) in [6.07, 6.45) is 10.2. The summed E-state index contributed by atoms with van der Waals surface area (Å²) >= 11 is 0. The molecule has 0 rings (SSSR count). The molecule has 0 heterocycles. The monoisotopic (exact) mass is 244 g/mol. The van der Waals surface area contributed by atoms with E-state index in [1.54, 1.807) is 6.92 Å². The quantitative estimate of drug-likeness (QED) is 0.539. The fourth-order valence-corrected chi connectivity index (χ4v) is 2.26. The van der Waals surface area contributed by atoms with E-state index in [4.69, 9.17) is 0 Å². The molecule has 0 spiro atoms. The van der Waals surface area contributed by atoms with E-state index in [-0.39, 0.29) is 0 Å². The average Bonchev–Trinajstić information content (AvgIpc) is 2.30. The van der Waals surface area contributed by atoms with Crippen LogP contribution in [0, 0.1) is 0 Å². The topological polar surface area (TPSA) is 40.5 Å². The van der Waals surface area contributed by atoms with Crippen LogP contribution in [0.5, 0.6) is 0 Å². The Bertz CT molecular complexity index is 154. The third-order valence-corrected chi connectivity index (χ3v) is 3.70. The van der Waals surface area contributed by atoms with Crippen molar-refractivity contribution in [1.29, 1.82) is 0 Å². The van der Waals surface area contributed by atoms with E-state index in [2.05, 4.69) is 13.8 Å². The van der Waals surface area contributed by atoms with Gasteiger partial charge in [-0.2, -0.15) is 0 Å². The van der Waals surface area contributed by atoms with Gasteiger partial charge in [-0.15, -0.1) is 0 Å². The predicted octanol–water partition coefficient (Wildman–Crippen LogP) is 4.04. The SMILES string of the molecule is CCCCCCC(O)(CCCCCC)C(C)O. The Balaban J connectivity index is 3.90. The normalized spacial score (nSPS) is 13.9. The Hall–Kier alpha value is -0.0800. The summed E-state index contributed by atoms with van der Waals surface area (Å²) in [7, 11) is 0. The van der Waals surface area contributed by atoms with Crippen molar-refractivity contribution >= 4 is 0 Å². The smallest absolute Gasteiger partial charge is 0.0902 e. The van der Waals surface area contributed by atoms with Gasteiger partial charge in [0.15, 0.2) is 0 Å². The van der Waals surface area contributed by atoms with E-state index in [1.807, 2.05) is 0 Å². The molecule has 1 atom stereocenters. The van der Waals surface area contributed by atoms with Gasteiger partial charge in [-0.3, -0.25) is 0 Å². The van der Waals surface area contributed by atoms with Crippen LogP contribution in [0.15, 0.2) is 0 Å². The van der Waals surface area contributed by atoms with Crippen molar-refractivity contribution < 1.29 is 10.2 Å². The zero-order chi connectivity index (χ0) is 13.1. The number of hydrogen-bond acceptors (Lipinski definition) is 2. The molecule has 2 heteroatoms. The lowest BCUT2D eigenvalue weighted by atomic mass is 9.85. The van der Waals surface area contributed by atoms with Gasteiger partial charge in [0.25, 0.3) is 0 Å². The lowest BCUT2D eigenvalue weighted by Crippen LogP contribution is -2.40. The van der Waals surface area contributed by atoms with Gasteiger partial charge < -0.3 is 10.2 Å². The second-order valence-corrected chi connectivity index (χ2v) is 5.40. The van der Waals surface area contributed by atoms with Crippen molar-refractivity contribution in [1.82, 2.24) is 0 Å². The molecular formula is C15H32O2. The van der Waals surface area contributed by atoms with Crippen molar-refractivity contribution in [2.75, 3.05) is 0 Å². The van der Waals surface area contributed by atoms with E-state index in [1.165, 1.54) is 38.5 Å². The van der Waals surface area contributed by atoms with Crippen LogP contribution in [-0.2, 0) is 0 Å². The summed E-state index contributed by atoms with van der Waals surface area (Å²) in [6.45, 7) is 6.09. The van der Waals surface area contributed by atoms with Crippen LogP contribution in [0.2, 0.25) is 0 Å². The van der Waals surface area contributed by atoms with Crippen LogP contribution in [0.1, 0.15) is 85.0 Å². The molecular weight excluding hydrogens is 212 g/mol. The largest absolute Gasteiger partial charge is 0.390 e. The van der Waals surface area contributed by atoms with Crippen molar-refractivity contribution in [2.45, 2.75) is 96.7 Å². The highest BCUT2D eigenvalue weighted by Gasteiger charge is 2.31. The Morgan fingerprint density at radius 3 is 1.53 bits per heavy atom. The molecule has 0 aromatic carbocycles. The minimum atomic E-state index is -0.846. The third-order valence-electron chi connectivity index (χ3n) is 3.70. The Labute approximate surface area is 107 Å². The molecule has 0 aliphatic heterocycles. The number of unbranched alkanes of at least 4 members (excludes halogenated alkanes) is 6. The van der Waals surface area contributed by atoms with Crippen molar-refractivity contribution in [3.63, 3.8) is 0 Å². The van der Waals surface area contributed by atoms with Crippen molar-refractivity contribution in [2.24, 2.45) is 0 Å². The number of hydrogen-bond donors (Lipinski definition) is 2. The number of aliphatic hydroxyl groups is 2. The maximum Gasteiger partial charge on any atom is 0.0902 e. The summed E-state index contributed by atoms with van der Waals surface area (Å²) in [5.41, 5.74) is -0.846. The zero-order valence-corrected chi connectivity index (χ0v) is 12.0. The highest BCUT2D eigenvalue weighted by Crippen LogP contribution is 2.26. The second kappa shape index (κ2) is 9.90.